The zero-order valence-corrected chi connectivity index (χ0v) is 22.1. The summed E-state index contributed by atoms with van der Waals surface area (Å²) in [6, 6.07) is 20.9. The number of hydrogen-bond donors (Lipinski definition) is 2. The largest absolute Gasteiger partial charge is 0.490 e. The van der Waals surface area contributed by atoms with Gasteiger partial charge >= 0.3 is 0 Å². The van der Waals surface area contributed by atoms with Gasteiger partial charge in [0.2, 0.25) is 0 Å². The molecule has 0 bridgehead atoms. The minimum Gasteiger partial charge on any atom is -0.490 e. The summed E-state index contributed by atoms with van der Waals surface area (Å²) in [5, 5.41) is 7.08. The number of nitrogens with one attached hydrogen (secondary N) is 2. The second kappa shape index (κ2) is 15.0. The molecule has 0 saturated heterocycles. The lowest BCUT2D eigenvalue weighted by Crippen LogP contribution is -2.15. The van der Waals surface area contributed by atoms with Gasteiger partial charge in [-0.15, -0.1) is 0 Å². The second-order valence-electron chi connectivity index (χ2n) is 8.32. The standard InChI is InChI=1S/C30H40N2O4/c1-5-33-27-14-12-25(17-29(27)35-7-3)21-31-19-23-10-9-11-24(16-23)20-32-22-26-13-15-28(34-6-2)30(18-26)36-8-4/h9-18,31-32H,5-8,19-22H2,1-4H3. The first-order valence-electron chi connectivity index (χ1n) is 12.9. The number of rotatable bonds is 16. The molecule has 3 aromatic rings. The van der Waals surface area contributed by atoms with Gasteiger partial charge in [0.05, 0.1) is 26.4 Å². The predicted molar refractivity (Wildman–Crippen MR) is 145 cm³/mol. The van der Waals surface area contributed by atoms with Crippen molar-refractivity contribution in [3.05, 3.63) is 82.9 Å². The maximum absolute atomic E-state index is 5.74. The summed E-state index contributed by atoms with van der Waals surface area (Å²) in [6.07, 6.45) is 0. The monoisotopic (exact) mass is 492 g/mol. The van der Waals surface area contributed by atoms with Crippen LogP contribution in [-0.2, 0) is 26.2 Å². The Hall–Kier alpha value is -3.22. The van der Waals surface area contributed by atoms with Gasteiger partial charge in [0.15, 0.2) is 23.0 Å². The van der Waals surface area contributed by atoms with Gasteiger partial charge in [-0.25, -0.2) is 0 Å². The second-order valence-corrected chi connectivity index (χ2v) is 8.32. The van der Waals surface area contributed by atoms with Gasteiger partial charge < -0.3 is 29.6 Å². The van der Waals surface area contributed by atoms with Crippen LogP contribution in [0.2, 0.25) is 0 Å². The Morgan fingerprint density at radius 3 is 1.19 bits per heavy atom. The molecule has 2 N–H and O–H groups in total. The normalized spacial score (nSPS) is 10.8. The van der Waals surface area contributed by atoms with Crippen molar-refractivity contribution in [2.75, 3.05) is 26.4 Å². The van der Waals surface area contributed by atoms with E-state index in [1.807, 2.05) is 39.8 Å². The molecule has 0 fully saturated rings. The lowest BCUT2D eigenvalue weighted by Gasteiger charge is -2.13. The zero-order valence-electron chi connectivity index (χ0n) is 22.1. The SMILES string of the molecule is CCOc1ccc(CNCc2cccc(CNCc3ccc(OCC)c(OCC)c3)c2)cc1OCC. The van der Waals surface area contributed by atoms with Gasteiger partial charge in [0.1, 0.15) is 0 Å². The summed E-state index contributed by atoms with van der Waals surface area (Å²) >= 11 is 0. The summed E-state index contributed by atoms with van der Waals surface area (Å²) in [5.74, 6) is 3.19. The molecule has 0 amide bonds. The van der Waals surface area contributed by atoms with E-state index in [-0.39, 0.29) is 0 Å². The first-order chi connectivity index (χ1) is 17.7. The van der Waals surface area contributed by atoms with Crippen LogP contribution in [0.25, 0.3) is 0 Å². The summed E-state index contributed by atoms with van der Waals surface area (Å²) in [4.78, 5) is 0. The fraction of sp³-hybridized carbons (Fsp3) is 0.400. The van der Waals surface area contributed by atoms with Crippen molar-refractivity contribution in [2.45, 2.75) is 53.9 Å². The maximum atomic E-state index is 5.74. The molecule has 0 spiro atoms. The van der Waals surface area contributed by atoms with Crippen LogP contribution in [0, 0.1) is 0 Å². The molecule has 6 heteroatoms. The first-order valence-corrected chi connectivity index (χ1v) is 12.9. The van der Waals surface area contributed by atoms with Crippen LogP contribution in [0.1, 0.15) is 49.9 Å². The van der Waals surface area contributed by atoms with E-state index in [1.54, 1.807) is 0 Å². The molecule has 0 aromatic heterocycles. The van der Waals surface area contributed by atoms with Crippen molar-refractivity contribution in [3.8, 4) is 23.0 Å². The van der Waals surface area contributed by atoms with Crippen LogP contribution in [0.4, 0.5) is 0 Å². The average molecular weight is 493 g/mol. The maximum Gasteiger partial charge on any atom is 0.161 e. The molecular formula is C30H40N2O4. The fourth-order valence-electron chi connectivity index (χ4n) is 3.96. The van der Waals surface area contributed by atoms with E-state index in [1.165, 1.54) is 22.3 Å². The van der Waals surface area contributed by atoms with Gasteiger partial charge in [-0.3, -0.25) is 0 Å². The van der Waals surface area contributed by atoms with Crippen molar-refractivity contribution < 1.29 is 18.9 Å². The highest BCUT2D eigenvalue weighted by molar-refractivity contribution is 5.44. The Morgan fingerprint density at radius 2 is 0.806 bits per heavy atom. The molecule has 0 aliphatic heterocycles. The predicted octanol–water partition coefficient (Wildman–Crippen LogP) is 5.86. The summed E-state index contributed by atoms with van der Waals surface area (Å²) in [6.45, 7) is 13.5. The van der Waals surface area contributed by atoms with E-state index in [4.69, 9.17) is 18.9 Å². The Balaban J connectivity index is 1.50. The van der Waals surface area contributed by atoms with Crippen LogP contribution in [-0.4, -0.2) is 26.4 Å². The molecule has 0 radical (unpaired) electrons. The van der Waals surface area contributed by atoms with Gasteiger partial charge in [-0.2, -0.15) is 0 Å². The van der Waals surface area contributed by atoms with Gasteiger partial charge in [0, 0.05) is 26.2 Å². The van der Waals surface area contributed by atoms with E-state index >= 15 is 0 Å². The molecule has 6 nitrogen and oxygen atoms in total. The van der Waals surface area contributed by atoms with Crippen LogP contribution >= 0.6 is 0 Å². The van der Waals surface area contributed by atoms with Crippen LogP contribution < -0.4 is 29.6 Å². The summed E-state index contributed by atoms with van der Waals surface area (Å²) < 4.78 is 22.8. The van der Waals surface area contributed by atoms with Crippen LogP contribution in [0.15, 0.2) is 60.7 Å². The van der Waals surface area contributed by atoms with Gasteiger partial charge in [-0.05, 0) is 74.2 Å². The first kappa shape index (κ1) is 27.4. The smallest absolute Gasteiger partial charge is 0.161 e. The highest BCUT2D eigenvalue weighted by atomic mass is 16.5. The lowest BCUT2D eigenvalue weighted by molar-refractivity contribution is 0.287. The van der Waals surface area contributed by atoms with Crippen molar-refractivity contribution in [3.63, 3.8) is 0 Å². The molecule has 194 valence electrons. The Morgan fingerprint density at radius 1 is 0.444 bits per heavy atom. The Labute approximate surface area is 215 Å². The summed E-state index contributed by atoms with van der Waals surface area (Å²) in [5.41, 5.74) is 4.85. The number of benzene rings is 3. The Bertz CT molecular complexity index is 990. The zero-order chi connectivity index (χ0) is 25.6. The van der Waals surface area contributed by atoms with Crippen LogP contribution in [0.5, 0.6) is 23.0 Å². The Kier molecular flexibility index (Phi) is 11.4. The third-order valence-electron chi connectivity index (χ3n) is 5.52. The topological polar surface area (TPSA) is 61.0 Å². The molecular weight excluding hydrogens is 452 g/mol. The third-order valence-corrected chi connectivity index (χ3v) is 5.52. The fourth-order valence-corrected chi connectivity index (χ4v) is 3.96. The highest BCUT2D eigenvalue weighted by Crippen LogP contribution is 2.29. The highest BCUT2D eigenvalue weighted by Gasteiger charge is 2.08. The minimum atomic E-state index is 0.615. The van der Waals surface area contributed by atoms with E-state index in [9.17, 15) is 0 Å². The van der Waals surface area contributed by atoms with Crippen LogP contribution in [0.3, 0.4) is 0 Å². The van der Waals surface area contributed by atoms with E-state index < -0.39 is 0 Å². The van der Waals surface area contributed by atoms with E-state index in [0.717, 1.165) is 49.2 Å². The quantitative estimate of drug-likeness (QED) is 0.261. The molecule has 3 rings (SSSR count). The molecule has 36 heavy (non-hydrogen) atoms. The number of hydrogen-bond acceptors (Lipinski definition) is 6. The average Bonchev–Trinajstić information content (AvgIpc) is 2.88. The van der Waals surface area contributed by atoms with Crippen molar-refractivity contribution in [1.82, 2.24) is 10.6 Å². The van der Waals surface area contributed by atoms with Gasteiger partial charge in [0.25, 0.3) is 0 Å². The third kappa shape index (κ3) is 8.47. The van der Waals surface area contributed by atoms with Gasteiger partial charge in [-0.1, -0.05) is 36.4 Å². The molecule has 0 atom stereocenters. The molecule has 0 saturated carbocycles. The summed E-state index contributed by atoms with van der Waals surface area (Å²) in [7, 11) is 0. The van der Waals surface area contributed by atoms with Crippen molar-refractivity contribution >= 4 is 0 Å². The van der Waals surface area contributed by atoms with Crippen molar-refractivity contribution in [1.29, 1.82) is 0 Å². The molecule has 0 heterocycles. The minimum absolute atomic E-state index is 0.615. The van der Waals surface area contributed by atoms with Crippen molar-refractivity contribution in [2.24, 2.45) is 0 Å². The number of ether oxygens (including phenoxy) is 4. The molecule has 0 aliphatic carbocycles. The molecule has 0 aliphatic rings. The van der Waals surface area contributed by atoms with E-state index in [0.29, 0.717) is 26.4 Å². The lowest BCUT2D eigenvalue weighted by atomic mass is 10.1. The molecule has 0 unspecified atom stereocenters. The molecule has 3 aromatic carbocycles. The van der Waals surface area contributed by atoms with E-state index in [2.05, 4.69) is 59.2 Å².